The second-order valence-corrected chi connectivity index (χ2v) is 5.71. The summed E-state index contributed by atoms with van der Waals surface area (Å²) in [6.07, 6.45) is 5.15. The Hall–Kier alpha value is -1.35. The summed E-state index contributed by atoms with van der Waals surface area (Å²) in [7, 11) is 0. The van der Waals surface area contributed by atoms with Gasteiger partial charge in [0.15, 0.2) is 0 Å². The van der Waals surface area contributed by atoms with Gasteiger partial charge in [0.05, 0.1) is 6.61 Å². The zero-order valence-electron chi connectivity index (χ0n) is 11.2. The molecule has 1 aromatic carbocycles. The van der Waals surface area contributed by atoms with E-state index in [-0.39, 0.29) is 18.4 Å². The van der Waals surface area contributed by atoms with Gasteiger partial charge in [0, 0.05) is 18.5 Å². The van der Waals surface area contributed by atoms with Crippen LogP contribution in [-0.4, -0.2) is 35.1 Å². The Morgan fingerprint density at radius 1 is 1.21 bits per heavy atom. The van der Waals surface area contributed by atoms with Crippen molar-refractivity contribution >= 4 is 5.91 Å². The third-order valence-corrected chi connectivity index (χ3v) is 4.54. The minimum atomic E-state index is 0.0713. The Kier molecular flexibility index (Phi) is 3.56. The van der Waals surface area contributed by atoms with E-state index in [9.17, 15) is 9.90 Å². The topological polar surface area (TPSA) is 40.5 Å². The van der Waals surface area contributed by atoms with Crippen LogP contribution in [0.1, 0.15) is 30.4 Å². The molecule has 0 unspecified atom stereocenters. The van der Waals surface area contributed by atoms with E-state index < -0.39 is 0 Å². The molecular formula is C16H21NO2. The molecule has 0 radical (unpaired) electrons. The van der Waals surface area contributed by atoms with Gasteiger partial charge in [-0.25, -0.2) is 0 Å². The molecule has 3 heteroatoms. The van der Waals surface area contributed by atoms with Crippen LogP contribution in [0.25, 0.3) is 0 Å². The number of fused-ring (bicyclic) bond motifs is 1. The third kappa shape index (κ3) is 2.39. The van der Waals surface area contributed by atoms with Crippen molar-refractivity contribution in [2.45, 2.75) is 38.1 Å². The summed E-state index contributed by atoms with van der Waals surface area (Å²) in [5.74, 6) is 0.333. The zero-order valence-corrected chi connectivity index (χ0v) is 11.2. The molecule has 1 N–H and O–H groups in total. The highest BCUT2D eigenvalue weighted by molar-refractivity contribution is 5.81. The van der Waals surface area contributed by atoms with E-state index in [0.29, 0.717) is 12.6 Å². The first-order valence-corrected chi connectivity index (χ1v) is 7.27. The van der Waals surface area contributed by atoms with Crippen LogP contribution in [0.3, 0.4) is 0 Å². The summed E-state index contributed by atoms with van der Waals surface area (Å²) in [6.45, 7) is 0.568. The predicted octanol–water partition coefficient (Wildman–Crippen LogP) is 1.77. The van der Waals surface area contributed by atoms with Crippen molar-refractivity contribution in [2.24, 2.45) is 5.92 Å². The smallest absolute Gasteiger partial charge is 0.226 e. The maximum absolute atomic E-state index is 12.7. The van der Waals surface area contributed by atoms with E-state index in [4.69, 9.17) is 0 Å². The number of carbonyl (C=O) groups is 1. The number of aliphatic hydroxyl groups is 1. The van der Waals surface area contributed by atoms with Crippen molar-refractivity contribution < 1.29 is 9.90 Å². The van der Waals surface area contributed by atoms with Crippen molar-refractivity contribution in [1.82, 2.24) is 4.90 Å². The van der Waals surface area contributed by atoms with Crippen molar-refractivity contribution in [3.63, 3.8) is 0 Å². The highest BCUT2D eigenvalue weighted by Gasteiger charge is 2.35. The first-order valence-electron chi connectivity index (χ1n) is 7.27. The average molecular weight is 259 g/mol. The van der Waals surface area contributed by atoms with E-state index in [2.05, 4.69) is 12.1 Å². The summed E-state index contributed by atoms with van der Waals surface area (Å²) in [6, 6.07) is 8.72. The lowest BCUT2D eigenvalue weighted by atomic mass is 9.90. The number of rotatable bonds is 4. The van der Waals surface area contributed by atoms with E-state index >= 15 is 0 Å². The molecule has 1 saturated carbocycles. The van der Waals surface area contributed by atoms with E-state index in [1.807, 2.05) is 17.0 Å². The monoisotopic (exact) mass is 259 g/mol. The third-order valence-electron chi connectivity index (χ3n) is 4.54. The Morgan fingerprint density at radius 3 is 2.32 bits per heavy atom. The summed E-state index contributed by atoms with van der Waals surface area (Å²) in [4.78, 5) is 14.6. The van der Waals surface area contributed by atoms with Crippen LogP contribution in [0.5, 0.6) is 0 Å². The van der Waals surface area contributed by atoms with Gasteiger partial charge in [-0.15, -0.1) is 0 Å². The number of aliphatic hydroxyl groups excluding tert-OH is 1. The van der Waals surface area contributed by atoms with Crippen LogP contribution in [0.4, 0.5) is 0 Å². The van der Waals surface area contributed by atoms with Gasteiger partial charge in [-0.2, -0.15) is 0 Å². The molecule has 0 atom stereocenters. The van der Waals surface area contributed by atoms with Crippen molar-refractivity contribution in [1.29, 1.82) is 0 Å². The van der Waals surface area contributed by atoms with Crippen LogP contribution in [-0.2, 0) is 17.6 Å². The lowest BCUT2D eigenvalue weighted by Crippen LogP contribution is -2.48. The predicted molar refractivity (Wildman–Crippen MR) is 73.8 cm³/mol. The second-order valence-electron chi connectivity index (χ2n) is 5.71. The van der Waals surface area contributed by atoms with Crippen molar-refractivity contribution in [3.05, 3.63) is 35.4 Å². The fraction of sp³-hybridized carbons (Fsp3) is 0.562. The molecule has 0 aliphatic heterocycles. The van der Waals surface area contributed by atoms with Gasteiger partial charge in [-0.1, -0.05) is 24.3 Å². The Balaban J connectivity index is 1.70. The number of hydrogen-bond donors (Lipinski definition) is 1. The van der Waals surface area contributed by atoms with Crippen molar-refractivity contribution in [2.75, 3.05) is 13.2 Å². The van der Waals surface area contributed by atoms with Crippen LogP contribution in [0, 0.1) is 5.92 Å². The number of carbonyl (C=O) groups excluding carboxylic acids is 1. The van der Waals surface area contributed by atoms with Gasteiger partial charge in [-0.05, 0) is 43.2 Å². The molecule has 0 aromatic heterocycles. The largest absolute Gasteiger partial charge is 0.395 e. The zero-order chi connectivity index (χ0) is 13.2. The van der Waals surface area contributed by atoms with Crippen molar-refractivity contribution in [3.8, 4) is 0 Å². The minimum Gasteiger partial charge on any atom is -0.395 e. The fourth-order valence-corrected chi connectivity index (χ4v) is 3.25. The van der Waals surface area contributed by atoms with Gasteiger partial charge in [0.1, 0.15) is 0 Å². The van der Waals surface area contributed by atoms with Gasteiger partial charge < -0.3 is 10.0 Å². The first kappa shape index (κ1) is 12.7. The summed E-state index contributed by atoms with van der Waals surface area (Å²) >= 11 is 0. The maximum Gasteiger partial charge on any atom is 0.226 e. The number of benzene rings is 1. The van der Waals surface area contributed by atoms with Crippen LogP contribution >= 0.6 is 0 Å². The average Bonchev–Trinajstić information content (AvgIpc) is 2.79. The quantitative estimate of drug-likeness (QED) is 0.895. The van der Waals surface area contributed by atoms with Gasteiger partial charge in [0.25, 0.3) is 0 Å². The summed E-state index contributed by atoms with van der Waals surface area (Å²) < 4.78 is 0. The molecule has 1 amide bonds. The molecule has 0 heterocycles. The first-order chi connectivity index (χ1) is 9.29. The number of nitrogens with zero attached hydrogens (tertiary/aromatic N) is 1. The Labute approximate surface area is 114 Å². The minimum absolute atomic E-state index is 0.0713. The molecule has 2 aliphatic rings. The Bertz CT molecular complexity index is 443. The second kappa shape index (κ2) is 5.33. The fourth-order valence-electron chi connectivity index (χ4n) is 3.25. The number of amides is 1. The SMILES string of the molecule is O=C(C1Cc2ccccc2C1)N(CCO)C1CCC1. The van der Waals surface area contributed by atoms with Gasteiger partial charge in [0.2, 0.25) is 5.91 Å². The van der Waals surface area contributed by atoms with Gasteiger partial charge in [-0.3, -0.25) is 4.79 Å². The molecule has 0 spiro atoms. The van der Waals surface area contributed by atoms with Crippen LogP contribution < -0.4 is 0 Å². The lowest BCUT2D eigenvalue weighted by Gasteiger charge is -2.38. The van der Waals surface area contributed by atoms with Crippen LogP contribution in [0.15, 0.2) is 24.3 Å². The molecule has 0 saturated heterocycles. The molecule has 0 bridgehead atoms. The van der Waals surface area contributed by atoms with E-state index in [1.165, 1.54) is 17.5 Å². The van der Waals surface area contributed by atoms with Crippen LogP contribution in [0.2, 0.25) is 0 Å². The maximum atomic E-state index is 12.7. The Morgan fingerprint density at radius 2 is 1.84 bits per heavy atom. The molecule has 102 valence electrons. The molecular weight excluding hydrogens is 238 g/mol. The highest BCUT2D eigenvalue weighted by atomic mass is 16.3. The molecule has 1 fully saturated rings. The lowest BCUT2D eigenvalue weighted by molar-refractivity contribution is -0.140. The summed E-state index contributed by atoms with van der Waals surface area (Å²) in [5.41, 5.74) is 2.64. The summed E-state index contributed by atoms with van der Waals surface area (Å²) in [5, 5.41) is 9.18. The molecule has 3 nitrogen and oxygen atoms in total. The number of hydrogen-bond acceptors (Lipinski definition) is 2. The highest BCUT2D eigenvalue weighted by Crippen LogP contribution is 2.31. The normalized spacial score (nSPS) is 19.0. The standard InChI is InChI=1S/C16H21NO2/c18-9-8-17(15-6-3-7-15)16(19)14-10-12-4-1-2-5-13(12)11-14/h1-2,4-5,14-15,18H,3,6-11H2. The van der Waals surface area contributed by atoms with E-state index in [1.54, 1.807) is 0 Å². The molecule has 3 rings (SSSR count). The van der Waals surface area contributed by atoms with E-state index in [0.717, 1.165) is 25.7 Å². The van der Waals surface area contributed by atoms with Gasteiger partial charge >= 0.3 is 0 Å². The molecule has 2 aliphatic carbocycles. The molecule has 19 heavy (non-hydrogen) atoms. The molecule has 1 aromatic rings.